The van der Waals surface area contributed by atoms with Crippen LogP contribution in [0.25, 0.3) is 0 Å². The molecule has 6 heteroatoms. The quantitative estimate of drug-likeness (QED) is 0.880. The molecule has 0 radical (unpaired) electrons. The molecule has 2 N–H and O–H groups in total. The van der Waals surface area contributed by atoms with Gasteiger partial charge in [-0.2, -0.15) is 0 Å². The summed E-state index contributed by atoms with van der Waals surface area (Å²) in [4.78, 5) is 16.7. The molecule has 0 aliphatic heterocycles. The lowest BCUT2D eigenvalue weighted by molar-refractivity contribution is 0.0596. The van der Waals surface area contributed by atoms with Crippen molar-refractivity contribution in [1.82, 2.24) is 4.98 Å². The number of carbonyl (C=O) groups excluding carboxylic acids is 1. The van der Waals surface area contributed by atoms with E-state index >= 15 is 0 Å². The lowest BCUT2D eigenvalue weighted by Gasteiger charge is -2.07. The van der Waals surface area contributed by atoms with Crippen LogP contribution in [0.5, 0.6) is 0 Å². The minimum Gasteiger partial charge on any atom is -0.465 e. The minimum atomic E-state index is -0.468. The Morgan fingerprint density at radius 1 is 1.42 bits per heavy atom. The first kappa shape index (κ1) is 13.7. The molecule has 0 unspecified atom stereocenters. The van der Waals surface area contributed by atoms with Gasteiger partial charge in [0.15, 0.2) is 0 Å². The molecule has 0 saturated heterocycles. The van der Waals surface area contributed by atoms with Crippen molar-refractivity contribution in [3.8, 4) is 0 Å². The highest BCUT2D eigenvalue weighted by atomic mass is 35.5. The number of ether oxygens (including phenoxy) is 1. The third-order valence-corrected chi connectivity index (χ3v) is 3.53. The van der Waals surface area contributed by atoms with Gasteiger partial charge in [-0.15, -0.1) is 0 Å². The van der Waals surface area contributed by atoms with Gasteiger partial charge in [0, 0.05) is 9.92 Å². The van der Waals surface area contributed by atoms with Crippen LogP contribution >= 0.6 is 23.4 Å². The summed E-state index contributed by atoms with van der Waals surface area (Å²) >= 11 is 7.25. The van der Waals surface area contributed by atoms with Crippen LogP contribution in [0.1, 0.15) is 10.4 Å². The van der Waals surface area contributed by atoms with Crippen molar-refractivity contribution in [3.63, 3.8) is 0 Å². The van der Waals surface area contributed by atoms with Crippen molar-refractivity contribution in [3.05, 3.63) is 47.1 Å². The summed E-state index contributed by atoms with van der Waals surface area (Å²) in [7, 11) is 1.32. The van der Waals surface area contributed by atoms with Gasteiger partial charge in [0.1, 0.15) is 5.03 Å². The average molecular weight is 295 g/mol. The molecular formula is C13H11ClN2O2S. The molecule has 1 aromatic carbocycles. The summed E-state index contributed by atoms with van der Waals surface area (Å²) < 4.78 is 4.72. The van der Waals surface area contributed by atoms with E-state index < -0.39 is 5.97 Å². The van der Waals surface area contributed by atoms with E-state index in [-0.39, 0.29) is 0 Å². The Morgan fingerprint density at radius 3 is 2.89 bits per heavy atom. The van der Waals surface area contributed by atoms with Gasteiger partial charge in [-0.25, -0.2) is 9.78 Å². The van der Waals surface area contributed by atoms with Gasteiger partial charge in [0.2, 0.25) is 0 Å². The molecule has 0 amide bonds. The van der Waals surface area contributed by atoms with Crippen LogP contribution in [0.4, 0.5) is 5.69 Å². The fourth-order valence-electron chi connectivity index (χ4n) is 1.45. The van der Waals surface area contributed by atoms with Gasteiger partial charge < -0.3 is 10.5 Å². The summed E-state index contributed by atoms with van der Waals surface area (Å²) in [6, 6.07) is 8.84. The zero-order valence-corrected chi connectivity index (χ0v) is 11.7. The number of nitrogens with two attached hydrogens (primary N) is 1. The van der Waals surface area contributed by atoms with E-state index in [4.69, 9.17) is 22.1 Å². The van der Waals surface area contributed by atoms with Crippen LogP contribution in [0.15, 0.2) is 46.5 Å². The van der Waals surface area contributed by atoms with Gasteiger partial charge in [-0.05, 0) is 24.3 Å². The normalized spacial score (nSPS) is 10.2. The molecule has 0 aliphatic carbocycles. The van der Waals surface area contributed by atoms with E-state index in [9.17, 15) is 4.79 Å². The Labute approximate surface area is 119 Å². The number of hydrogen-bond acceptors (Lipinski definition) is 5. The highest BCUT2D eigenvalue weighted by Crippen LogP contribution is 2.31. The number of hydrogen-bond donors (Lipinski definition) is 1. The fraction of sp³-hybridized carbons (Fsp3) is 0.0769. The molecule has 4 nitrogen and oxygen atoms in total. The molecule has 0 atom stereocenters. The van der Waals surface area contributed by atoms with E-state index in [1.54, 1.807) is 18.2 Å². The lowest BCUT2D eigenvalue weighted by Crippen LogP contribution is -2.05. The Balaban J connectivity index is 2.37. The first-order valence-electron chi connectivity index (χ1n) is 5.37. The zero-order valence-electron chi connectivity index (χ0n) is 10.1. The van der Waals surface area contributed by atoms with E-state index in [0.29, 0.717) is 21.3 Å². The molecule has 0 bridgehead atoms. The third-order valence-electron chi connectivity index (χ3n) is 2.29. The summed E-state index contributed by atoms with van der Waals surface area (Å²) in [6.45, 7) is 0. The number of benzene rings is 1. The van der Waals surface area contributed by atoms with Crippen LogP contribution in [0, 0.1) is 0 Å². The number of rotatable bonds is 3. The first-order chi connectivity index (χ1) is 9.10. The van der Waals surface area contributed by atoms with Crippen LogP contribution in [-0.2, 0) is 4.74 Å². The van der Waals surface area contributed by atoms with Gasteiger partial charge in [0.05, 0.1) is 24.6 Å². The molecule has 0 saturated carbocycles. The van der Waals surface area contributed by atoms with E-state index in [0.717, 1.165) is 4.90 Å². The van der Waals surface area contributed by atoms with E-state index in [2.05, 4.69) is 4.98 Å². The Kier molecular flexibility index (Phi) is 4.29. The summed E-state index contributed by atoms with van der Waals surface area (Å²) in [6.07, 6.45) is 1.50. The van der Waals surface area contributed by atoms with Gasteiger partial charge in [-0.1, -0.05) is 29.4 Å². The fourth-order valence-corrected chi connectivity index (χ4v) is 2.62. The van der Waals surface area contributed by atoms with Gasteiger partial charge in [0.25, 0.3) is 0 Å². The van der Waals surface area contributed by atoms with Crippen molar-refractivity contribution >= 4 is 35.0 Å². The summed E-state index contributed by atoms with van der Waals surface area (Å²) in [5.41, 5.74) is 6.39. The number of aromatic nitrogens is 1. The Morgan fingerprint density at radius 2 is 2.21 bits per heavy atom. The van der Waals surface area contributed by atoms with Crippen LogP contribution < -0.4 is 5.73 Å². The second-order valence-electron chi connectivity index (χ2n) is 3.67. The van der Waals surface area contributed by atoms with Crippen molar-refractivity contribution in [2.24, 2.45) is 0 Å². The molecule has 0 fully saturated rings. The van der Waals surface area contributed by atoms with Crippen molar-refractivity contribution in [2.75, 3.05) is 12.8 Å². The molecule has 2 aromatic rings. The Bertz CT molecular complexity index is 619. The number of anilines is 1. The van der Waals surface area contributed by atoms with Gasteiger partial charge >= 0.3 is 5.97 Å². The Hall–Kier alpha value is -1.72. The molecule has 98 valence electrons. The van der Waals surface area contributed by atoms with Gasteiger partial charge in [-0.3, -0.25) is 0 Å². The highest BCUT2D eigenvalue weighted by Gasteiger charge is 2.15. The molecule has 19 heavy (non-hydrogen) atoms. The number of halogens is 1. The zero-order chi connectivity index (χ0) is 13.8. The topological polar surface area (TPSA) is 65.2 Å². The SMILES string of the molecule is COC(=O)c1cc(N)cnc1Sc1cccc(Cl)c1. The molecule has 1 aromatic heterocycles. The smallest absolute Gasteiger partial charge is 0.340 e. The third kappa shape index (κ3) is 3.39. The second kappa shape index (κ2) is 5.95. The highest BCUT2D eigenvalue weighted by molar-refractivity contribution is 7.99. The standard InChI is InChI=1S/C13H11ClN2O2S/c1-18-13(17)11-6-9(15)7-16-12(11)19-10-4-2-3-8(14)5-10/h2-7H,15H2,1H3. The predicted octanol–water partition coefficient (Wildman–Crippen LogP) is 3.26. The number of nitrogen functional groups attached to an aromatic ring is 1. The maximum absolute atomic E-state index is 11.7. The van der Waals surface area contributed by atoms with Crippen LogP contribution in [0.3, 0.4) is 0 Å². The molecule has 0 spiro atoms. The first-order valence-corrected chi connectivity index (χ1v) is 6.57. The minimum absolute atomic E-state index is 0.340. The predicted molar refractivity (Wildman–Crippen MR) is 75.6 cm³/mol. The summed E-state index contributed by atoms with van der Waals surface area (Å²) in [5.74, 6) is -0.468. The molecule has 2 rings (SSSR count). The summed E-state index contributed by atoms with van der Waals surface area (Å²) in [5, 5.41) is 1.16. The van der Waals surface area contributed by atoms with Crippen molar-refractivity contribution in [2.45, 2.75) is 9.92 Å². The maximum atomic E-state index is 11.7. The van der Waals surface area contributed by atoms with Crippen molar-refractivity contribution in [1.29, 1.82) is 0 Å². The largest absolute Gasteiger partial charge is 0.465 e. The van der Waals surface area contributed by atoms with E-state index in [1.165, 1.54) is 25.1 Å². The van der Waals surface area contributed by atoms with E-state index in [1.807, 2.05) is 12.1 Å². The number of pyridine rings is 1. The number of esters is 1. The maximum Gasteiger partial charge on any atom is 0.340 e. The molecular weight excluding hydrogens is 284 g/mol. The number of carbonyl (C=O) groups is 1. The number of nitrogens with zero attached hydrogens (tertiary/aromatic N) is 1. The van der Waals surface area contributed by atoms with Crippen molar-refractivity contribution < 1.29 is 9.53 Å². The van der Waals surface area contributed by atoms with Crippen LogP contribution in [0.2, 0.25) is 5.02 Å². The average Bonchev–Trinajstić information content (AvgIpc) is 2.40. The molecule has 1 heterocycles. The number of methoxy groups -OCH3 is 1. The monoisotopic (exact) mass is 294 g/mol. The molecule has 0 aliphatic rings. The lowest BCUT2D eigenvalue weighted by atomic mass is 10.3. The van der Waals surface area contributed by atoms with Crippen LogP contribution in [-0.4, -0.2) is 18.1 Å². The second-order valence-corrected chi connectivity index (χ2v) is 5.17.